The molecule has 0 unspecified atom stereocenters. The monoisotopic (exact) mass is 460 g/mol. The Bertz CT molecular complexity index is 1780. The molecular weight excluding hydrogens is 436 g/mol. The number of hydrogen-bond acceptors (Lipinski definition) is 1. The lowest BCUT2D eigenvalue weighted by Gasteiger charge is -2.18. The van der Waals surface area contributed by atoms with Crippen molar-refractivity contribution in [2.45, 2.75) is 6.92 Å². The summed E-state index contributed by atoms with van der Waals surface area (Å²) in [7, 11) is 0. The number of nitrogens with zero attached hydrogens (tertiary/aromatic N) is 2. The van der Waals surface area contributed by atoms with Crippen LogP contribution in [0.15, 0.2) is 128 Å². The van der Waals surface area contributed by atoms with Gasteiger partial charge in [0.2, 0.25) is 0 Å². The van der Waals surface area contributed by atoms with E-state index in [4.69, 9.17) is 4.98 Å². The Morgan fingerprint density at radius 3 is 1.50 bits per heavy atom. The number of pyridine rings is 1. The van der Waals surface area contributed by atoms with Crippen LogP contribution in [-0.2, 0) is 0 Å². The minimum Gasteiger partial charge on any atom is -0.306 e. The van der Waals surface area contributed by atoms with Crippen LogP contribution in [0.1, 0.15) is 5.56 Å². The third-order valence-corrected chi connectivity index (χ3v) is 7.11. The van der Waals surface area contributed by atoms with Gasteiger partial charge in [0.25, 0.3) is 0 Å². The fourth-order valence-corrected chi connectivity index (χ4v) is 5.35. The molecule has 2 aromatic heterocycles. The van der Waals surface area contributed by atoms with Crippen LogP contribution in [0.5, 0.6) is 0 Å². The molecule has 5 aromatic carbocycles. The highest BCUT2D eigenvalue weighted by Gasteiger charge is 2.16. The molecule has 0 amide bonds. The van der Waals surface area contributed by atoms with Gasteiger partial charge in [0, 0.05) is 18.0 Å². The molecule has 0 atom stereocenters. The van der Waals surface area contributed by atoms with Crippen molar-refractivity contribution in [1.29, 1.82) is 0 Å². The van der Waals surface area contributed by atoms with Crippen molar-refractivity contribution in [3.05, 3.63) is 133 Å². The van der Waals surface area contributed by atoms with Gasteiger partial charge in [-0.25, -0.2) is 4.98 Å². The molecule has 0 N–H and O–H groups in total. The maximum Gasteiger partial charge on any atom is 0.137 e. The molecule has 0 saturated heterocycles. The normalized spacial score (nSPS) is 11.5. The fourth-order valence-electron chi connectivity index (χ4n) is 5.35. The lowest BCUT2D eigenvalue weighted by atomic mass is 9.85. The summed E-state index contributed by atoms with van der Waals surface area (Å²) >= 11 is 0. The van der Waals surface area contributed by atoms with Gasteiger partial charge >= 0.3 is 0 Å². The molecule has 0 saturated carbocycles. The molecule has 36 heavy (non-hydrogen) atoms. The van der Waals surface area contributed by atoms with Crippen LogP contribution < -0.4 is 0 Å². The maximum absolute atomic E-state index is 4.80. The van der Waals surface area contributed by atoms with Gasteiger partial charge < -0.3 is 4.40 Å². The van der Waals surface area contributed by atoms with E-state index in [-0.39, 0.29) is 0 Å². The number of imidazole rings is 1. The zero-order chi connectivity index (χ0) is 24.1. The van der Waals surface area contributed by atoms with Crippen LogP contribution in [-0.4, -0.2) is 9.38 Å². The van der Waals surface area contributed by atoms with Crippen molar-refractivity contribution in [2.24, 2.45) is 0 Å². The van der Waals surface area contributed by atoms with Crippen LogP contribution in [0.2, 0.25) is 0 Å². The molecule has 2 nitrogen and oxygen atoms in total. The first-order valence-corrected chi connectivity index (χ1v) is 12.3. The first-order chi connectivity index (χ1) is 17.8. The Labute approximate surface area is 210 Å². The number of fused-ring (bicyclic) bond motifs is 3. The van der Waals surface area contributed by atoms with Gasteiger partial charge in [0.1, 0.15) is 5.65 Å². The molecule has 7 aromatic rings. The molecule has 0 aliphatic carbocycles. The molecule has 7 rings (SSSR count). The molecule has 0 bridgehead atoms. The van der Waals surface area contributed by atoms with Crippen molar-refractivity contribution in [3.63, 3.8) is 0 Å². The van der Waals surface area contributed by atoms with E-state index in [0.29, 0.717) is 0 Å². The van der Waals surface area contributed by atoms with Crippen molar-refractivity contribution < 1.29 is 0 Å². The topological polar surface area (TPSA) is 17.3 Å². The second-order valence-corrected chi connectivity index (χ2v) is 9.38. The highest BCUT2D eigenvalue weighted by atomic mass is 15.0. The average molecular weight is 461 g/mol. The Hall–Kier alpha value is -4.69. The summed E-state index contributed by atoms with van der Waals surface area (Å²) in [5.41, 5.74) is 9.37. The molecule has 0 aliphatic rings. The fraction of sp³-hybridized carbons (Fsp3) is 0.0294. The Morgan fingerprint density at radius 2 is 0.972 bits per heavy atom. The summed E-state index contributed by atoms with van der Waals surface area (Å²) in [6, 6.07) is 41.4. The second kappa shape index (κ2) is 8.21. The summed E-state index contributed by atoms with van der Waals surface area (Å²) in [6.45, 7) is 2.14. The lowest BCUT2D eigenvalue weighted by Crippen LogP contribution is -1.91. The van der Waals surface area contributed by atoms with E-state index in [2.05, 4.69) is 115 Å². The number of aryl methyl sites for hydroxylation is 1. The zero-order valence-electron chi connectivity index (χ0n) is 20.0. The van der Waals surface area contributed by atoms with E-state index in [1.165, 1.54) is 49.4 Å². The van der Waals surface area contributed by atoms with Crippen LogP contribution >= 0.6 is 0 Å². The van der Waals surface area contributed by atoms with Crippen molar-refractivity contribution >= 4 is 27.2 Å². The van der Waals surface area contributed by atoms with Gasteiger partial charge in [-0.2, -0.15) is 0 Å². The lowest BCUT2D eigenvalue weighted by molar-refractivity contribution is 1.19. The van der Waals surface area contributed by atoms with E-state index < -0.39 is 0 Å². The molecule has 2 heterocycles. The van der Waals surface area contributed by atoms with E-state index in [9.17, 15) is 0 Å². The number of aromatic nitrogens is 2. The number of rotatable bonds is 3. The Kier molecular flexibility index (Phi) is 4.71. The smallest absolute Gasteiger partial charge is 0.137 e. The van der Waals surface area contributed by atoms with E-state index >= 15 is 0 Å². The average Bonchev–Trinajstić information content (AvgIpc) is 3.37. The highest BCUT2D eigenvalue weighted by Crippen LogP contribution is 2.43. The zero-order valence-corrected chi connectivity index (χ0v) is 20.0. The summed E-state index contributed by atoms with van der Waals surface area (Å²) in [4.78, 5) is 4.80. The quantitative estimate of drug-likeness (QED) is 0.241. The predicted octanol–water partition coefficient (Wildman–Crippen LogP) is 8.95. The van der Waals surface area contributed by atoms with Crippen molar-refractivity contribution in [1.82, 2.24) is 9.38 Å². The molecular formula is C34H24N2. The number of hydrogen-bond donors (Lipinski definition) is 0. The van der Waals surface area contributed by atoms with Gasteiger partial charge in [0.15, 0.2) is 0 Å². The molecule has 0 radical (unpaired) electrons. The molecule has 170 valence electrons. The largest absolute Gasteiger partial charge is 0.306 e. The minimum absolute atomic E-state index is 0.959. The molecule has 0 spiro atoms. The summed E-state index contributed by atoms with van der Waals surface area (Å²) in [5, 5.41) is 5.10. The van der Waals surface area contributed by atoms with Crippen LogP contribution in [0.4, 0.5) is 0 Å². The van der Waals surface area contributed by atoms with Gasteiger partial charge in [-0.1, -0.05) is 109 Å². The van der Waals surface area contributed by atoms with Crippen LogP contribution in [0.3, 0.4) is 0 Å². The third-order valence-electron chi connectivity index (χ3n) is 7.11. The minimum atomic E-state index is 0.959. The summed E-state index contributed by atoms with van der Waals surface area (Å²) in [6.07, 6.45) is 4.12. The SMILES string of the molecule is Cc1ccc(-c2c3ccccc3c(-c3ccc(-c4cn5ccccc5n4)cc3)c3ccccc23)cc1. The third kappa shape index (κ3) is 3.30. The van der Waals surface area contributed by atoms with Gasteiger partial charge in [-0.3, -0.25) is 0 Å². The van der Waals surface area contributed by atoms with Gasteiger partial charge in [0.05, 0.1) is 5.69 Å². The first kappa shape index (κ1) is 20.7. The van der Waals surface area contributed by atoms with E-state index in [1.807, 2.05) is 24.4 Å². The van der Waals surface area contributed by atoms with Crippen LogP contribution in [0.25, 0.3) is 60.7 Å². The maximum atomic E-state index is 4.80. The molecule has 0 aliphatic heterocycles. The predicted molar refractivity (Wildman–Crippen MR) is 151 cm³/mol. The van der Waals surface area contributed by atoms with Gasteiger partial charge in [-0.05, 0) is 62.9 Å². The summed E-state index contributed by atoms with van der Waals surface area (Å²) < 4.78 is 2.06. The van der Waals surface area contributed by atoms with Crippen LogP contribution in [0, 0.1) is 6.92 Å². The van der Waals surface area contributed by atoms with Crippen molar-refractivity contribution in [2.75, 3.05) is 0 Å². The molecule has 2 heteroatoms. The Morgan fingerprint density at radius 1 is 0.500 bits per heavy atom. The second-order valence-electron chi connectivity index (χ2n) is 9.38. The van der Waals surface area contributed by atoms with Crippen molar-refractivity contribution in [3.8, 4) is 33.5 Å². The summed E-state index contributed by atoms with van der Waals surface area (Å²) in [5.74, 6) is 0. The van der Waals surface area contributed by atoms with Gasteiger partial charge in [-0.15, -0.1) is 0 Å². The first-order valence-electron chi connectivity index (χ1n) is 12.3. The number of benzene rings is 5. The van der Waals surface area contributed by atoms with E-state index in [0.717, 1.165) is 16.9 Å². The van der Waals surface area contributed by atoms with E-state index in [1.54, 1.807) is 0 Å². The Balaban J connectivity index is 1.45. The standard InChI is InChI=1S/C34H24N2/c1-23-13-15-25(16-14-23)33-27-8-2-4-10-29(27)34(30-11-5-3-9-28(30)33)26-19-17-24(18-20-26)31-22-36-21-7-6-12-32(36)35-31/h2-22H,1H3. The highest BCUT2D eigenvalue weighted by molar-refractivity contribution is 6.21. The molecule has 0 fully saturated rings.